The lowest BCUT2D eigenvalue weighted by atomic mass is 10.0. The average Bonchev–Trinajstić information content (AvgIpc) is 3.27. The molecule has 2 heterocycles. The Morgan fingerprint density at radius 2 is 1.68 bits per heavy atom. The van der Waals surface area contributed by atoms with Crippen LogP contribution in [0.4, 0.5) is 0 Å². The Labute approximate surface area is 162 Å². The second kappa shape index (κ2) is 7.21. The molecular formula is C18H19N5O4S. The summed E-state index contributed by atoms with van der Waals surface area (Å²) in [6.07, 6.45) is 2.06. The number of benzene rings is 2. The van der Waals surface area contributed by atoms with Gasteiger partial charge in [-0.15, -0.1) is 5.10 Å². The lowest BCUT2D eigenvalue weighted by Crippen LogP contribution is -2.36. The highest BCUT2D eigenvalue weighted by molar-refractivity contribution is 7.89. The zero-order chi connectivity index (χ0) is 19.7. The summed E-state index contributed by atoms with van der Waals surface area (Å²) >= 11 is 0. The number of ether oxygens (including phenoxy) is 2. The number of nitrogens with zero attached hydrogens (tertiary/aromatic N) is 5. The molecule has 0 saturated heterocycles. The van der Waals surface area contributed by atoms with Gasteiger partial charge in [-0.05, 0) is 64.4 Å². The summed E-state index contributed by atoms with van der Waals surface area (Å²) in [4.78, 5) is 0.230. The van der Waals surface area contributed by atoms with Crippen LogP contribution in [0.25, 0.3) is 5.69 Å². The number of methoxy groups -OCH3 is 2. The van der Waals surface area contributed by atoms with Crippen molar-refractivity contribution >= 4 is 10.0 Å². The molecule has 0 saturated carbocycles. The van der Waals surface area contributed by atoms with Gasteiger partial charge in [-0.2, -0.15) is 4.31 Å². The van der Waals surface area contributed by atoms with Crippen LogP contribution in [-0.4, -0.2) is 53.7 Å². The van der Waals surface area contributed by atoms with E-state index >= 15 is 0 Å². The molecule has 28 heavy (non-hydrogen) atoms. The maximum atomic E-state index is 13.1. The Balaban J connectivity index is 1.61. The van der Waals surface area contributed by atoms with Gasteiger partial charge in [0.1, 0.15) is 6.33 Å². The molecule has 3 aromatic rings. The Bertz CT molecular complexity index is 1080. The number of fused-ring (bicyclic) bond motifs is 1. The summed E-state index contributed by atoms with van der Waals surface area (Å²) in [6.45, 7) is 0.687. The third kappa shape index (κ3) is 3.20. The molecule has 1 aromatic heterocycles. The molecule has 0 amide bonds. The number of hydrogen-bond acceptors (Lipinski definition) is 7. The van der Waals surface area contributed by atoms with Gasteiger partial charge in [-0.3, -0.25) is 0 Å². The second-order valence-electron chi connectivity index (χ2n) is 6.31. The maximum absolute atomic E-state index is 13.1. The van der Waals surface area contributed by atoms with Gasteiger partial charge in [0.25, 0.3) is 0 Å². The Morgan fingerprint density at radius 3 is 2.29 bits per heavy atom. The highest BCUT2D eigenvalue weighted by Gasteiger charge is 2.29. The quantitative estimate of drug-likeness (QED) is 0.638. The van der Waals surface area contributed by atoms with Crippen LogP contribution in [0, 0.1) is 0 Å². The van der Waals surface area contributed by atoms with Crippen LogP contribution in [0.2, 0.25) is 0 Å². The normalized spacial score (nSPS) is 14.5. The SMILES string of the molecule is COc1cc2c(cc1OC)CN(S(=O)(=O)c1ccc(-n3cnnn3)cc1)CC2. The number of sulfonamides is 1. The molecule has 1 aliphatic heterocycles. The molecule has 1 aliphatic rings. The summed E-state index contributed by atoms with van der Waals surface area (Å²) in [5, 5.41) is 11.0. The van der Waals surface area contributed by atoms with Gasteiger partial charge >= 0.3 is 0 Å². The Hall–Kier alpha value is -2.98. The molecular weight excluding hydrogens is 382 g/mol. The molecule has 0 fully saturated rings. The maximum Gasteiger partial charge on any atom is 0.243 e. The number of aromatic nitrogens is 4. The van der Waals surface area contributed by atoms with Crippen LogP contribution >= 0.6 is 0 Å². The van der Waals surface area contributed by atoms with E-state index < -0.39 is 10.0 Å². The minimum Gasteiger partial charge on any atom is -0.493 e. The molecule has 0 bridgehead atoms. The fraction of sp³-hybridized carbons (Fsp3) is 0.278. The molecule has 9 nitrogen and oxygen atoms in total. The van der Waals surface area contributed by atoms with Crippen molar-refractivity contribution in [3.05, 3.63) is 53.9 Å². The standard InChI is InChI=1S/C18H19N5O4S/c1-26-17-9-13-7-8-22(11-14(13)10-18(17)27-2)28(24,25)16-5-3-15(4-6-16)23-12-19-20-21-23/h3-6,9-10,12H,7-8,11H2,1-2H3. The molecule has 2 aromatic carbocycles. The van der Waals surface area contributed by atoms with E-state index in [9.17, 15) is 8.42 Å². The highest BCUT2D eigenvalue weighted by Crippen LogP contribution is 2.34. The molecule has 0 N–H and O–H groups in total. The summed E-state index contributed by atoms with van der Waals surface area (Å²) in [6, 6.07) is 10.2. The highest BCUT2D eigenvalue weighted by atomic mass is 32.2. The van der Waals surface area contributed by atoms with Crippen molar-refractivity contribution < 1.29 is 17.9 Å². The van der Waals surface area contributed by atoms with Gasteiger partial charge in [0.05, 0.1) is 24.8 Å². The van der Waals surface area contributed by atoms with Crippen molar-refractivity contribution in [1.29, 1.82) is 0 Å². The van der Waals surface area contributed by atoms with E-state index in [0.29, 0.717) is 30.2 Å². The lowest BCUT2D eigenvalue weighted by Gasteiger charge is -2.29. The fourth-order valence-corrected chi connectivity index (χ4v) is 4.68. The summed E-state index contributed by atoms with van der Waals surface area (Å²) in [5.41, 5.74) is 2.67. The van der Waals surface area contributed by atoms with E-state index in [2.05, 4.69) is 15.5 Å². The number of hydrogen-bond donors (Lipinski definition) is 0. The first kappa shape index (κ1) is 18.4. The minimum atomic E-state index is -3.63. The van der Waals surface area contributed by atoms with Gasteiger partial charge in [-0.25, -0.2) is 13.1 Å². The van der Waals surface area contributed by atoms with Crippen LogP contribution in [0.1, 0.15) is 11.1 Å². The van der Waals surface area contributed by atoms with Gasteiger partial charge in [0.2, 0.25) is 10.0 Å². The van der Waals surface area contributed by atoms with Crippen molar-refractivity contribution in [3.8, 4) is 17.2 Å². The smallest absolute Gasteiger partial charge is 0.243 e. The molecule has 10 heteroatoms. The minimum absolute atomic E-state index is 0.230. The van der Waals surface area contributed by atoms with Crippen molar-refractivity contribution in [2.45, 2.75) is 17.9 Å². The number of rotatable bonds is 5. The third-order valence-corrected chi connectivity index (χ3v) is 6.63. The number of tetrazole rings is 1. The van der Waals surface area contributed by atoms with Gasteiger partial charge in [-0.1, -0.05) is 0 Å². The molecule has 0 spiro atoms. The van der Waals surface area contributed by atoms with Crippen LogP contribution in [0.15, 0.2) is 47.6 Å². The summed E-state index contributed by atoms with van der Waals surface area (Å²) in [7, 11) is -0.476. The first-order chi connectivity index (χ1) is 13.5. The third-order valence-electron chi connectivity index (χ3n) is 4.77. The molecule has 0 radical (unpaired) electrons. The van der Waals surface area contributed by atoms with E-state index in [1.165, 1.54) is 15.3 Å². The summed E-state index contributed by atoms with van der Waals surface area (Å²) in [5.74, 6) is 1.24. The first-order valence-electron chi connectivity index (χ1n) is 8.60. The second-order valence-corrected chi connectivity index (χ2v) is 8.25. The monoisotopic (exact) mass is 401 g/mol. The van der Waals surface area contributed by atoms with Crippen molar-refractivity contribution in [2.75, 3.05) is 20.8 Å². The largest absolute Gasteiger partial charge is 0.493 e. The van der Waals surface area contributed by atoms with Crippen molar-refractivity contribution in [2.24, 2.45) is 0 Å². The molecule has 0 unspecified atom stereocenters. The van der Waals surface area contributed by atoms with Crippen LogP contribution < -0.4 is 9.47 Å². The van der Waals surface area contributed by atoms with Crippen LogP contribution in [0.5, 0.6) is 11.5 Å². The zero-order valence-corrected chi connectivity index (χ0v) is 16.3. The molecule has 146 valence electrons. The van der Waals surface area contributed by atoms with Gasteiger partial charge < -0.3 is 9.47 Å². The van der Waals surface area contributed by atoms with Crippen molar-refractivity contribution in [3.63, 3.8) is 0 Å². The molecule has 4 rings (SSSR count). The van der Waals surface area contributed by atoms with Crippen LogP contribution in [-0.2, 0) is 23.0 Å². The topological polar surface area (TPSA) is 99.4 Å². The fourth-order valence-electron chi connectivity index (χ4n) is 3.26. The summed E-state index contributed by atoms with van der Waals surface area (Å²) < 4.78 is 39.8. The zero-order valence-electron chi connectivity index (χ0n) is 15.4. The van der Waals surface area contributed by atoms with E-state index in [4.69, 9.17) is 9.47 Å². The van der Waals surface area contributed by atoms with Gasteiger partial charge in [0.15, 0.2) is 11.5 Å². The Kier molecular flexibility index (Phi) is 4.73. The van der Waals surface area contributed by atoms with Crippen molar-refractivity contribution in [1.82, 2.24) is 24.5 Å². The molecule has 0 aliphatic carbocycles. The van der Waals surface area contributed by atoms with E-state index in [-0.39, 0.29) is 11.4 Å². The van der Waals surface area contributed by atoms with E-state index in [0.717, 1.165) is 11.1 Å². The molecule has 0 atom stereocenters. The lowest BCUT2D eigenvalue weighted by molar-refractivity contribution is 0.348. The predicted octanol–water partition coefficient (Wildman–Crippen LogP) is 1.43. The first-order valence-corrected chi connectivity index (χ1v) is 10.0. The Morgan fingerprint density at radius 1 is 1.00 bits per heavy atom. The van der Waals surface area contributed by atoms with E-state index in [1.54, 1.807) is 38.5 Å². The van der Waals surface area contributed by atoms with E-state index in [1.807, 2.05) is 12.1 Å². The van der Waals surface area contributed by atoms with Gasteiger partial charge in [0, 0.05) is 13.1 Å². The average molecular weight is 401 g/mol. The van der Waals surface area contributed by atoms with Crippen LogP contribution in [0.3, 0.4) is 0 Å². The predicted molar refractivity (Wildman–Crippen MR) is 100.0 cm³/mol.